The third-order valence-electron chi connectivity index (χ3n) is 4.22. The molecule has 0 unspecified atom stereocenters. The van der Waals surface area contributed by atoms with Crippen molar-refractivity contribution in [3.8, 4) is 5.69 Å². The van der Waals surface area contributed by atoms with E-state index in [2.05, 4.69) is 20.4 Å². The lowest BCUT2D eigenvalue weighted by Crippen LogP contribution is -2.16. The number of benzene rings is 2. The van der Waals surface area contributed by atoms with Crippen LogP contribution in [0, 0.1) is 6.92 Å². The number of hydrogen-bond acceptors (Lipinski definition) is 5. The lowest BCUT2D eigenvalue weighted by molar-refractivity contribution is -0.113. The van der Waals surface area contributed by atoms with Gasteiger partial charge in [-0.25, -0.2) is 9.67 Å². The minimum Gasteiger partial charge on any atom is -0.325 e. The molecule has 0 aliphatic carbocycles. The summed E-state index contributed by atoms with van der Waals surface area (Å²) in [7, 11) is 0. The van der Waals surface area contributed by atoms with Crippen LogP contribution in [0.25, 0.3) is 16.7 Å². The highest BCUT2D eigenvalue weighted by molar-refractivity contribution is 7.99. The number of anilines is 1. The highest BCUT2D eigenvalue weighted by Gasteiger charge is 2.13. The first kappa shape index (κ1) is 19.2. The lowest BCUT2D eigenvalue weighted by atomic mass is 10.2. The summed E-state index contributed by atoms with van der Waals surface area (Å²) < 4.78 is 1.60. The van der Waals surface area contributed by atoms with Crippen molar-refractivity contribution in [2.45, 2.75) is 12.1 Å². The van der Waals surface area contributed by atoms with Crippen LogP contribution in [0.15, 0.2) is 64.7 Å². The molecule has 9 heteroatoms. The molecule has 0 radical (unpaired) electrons. The quantitative estimate of drug-likeness (QED) is 0.374. The molecule has 4 aromatic rings. The van der Waals surface area contributed by atoms with E-state index in [-0.39, 0.29) is 17.2 Å². The van der Waals surface area contributed by atoms with E-state index in [9.17, 15) is 9.59 Å². The normalized spacial score (nSPS) is 11.0. The fourth-order valence-electron chi connectivity index (χ4n) is 2.81. The van der Waals surface area contributed by atoms with Crippen molar-refractivity contribution in [3.63, 3.8) is 0 Å². The molecule has 0 bridgehead atoms. The molecule has 2 aromatic heterocycles. The molecule has 146 valence electrons. The summed E-state index contributed by atoms with van der Waals surface area (Å²) in [6.45, 7) is 1.87. The molecule has 4 rings (SSSR count). The summed E-state index contributed by atoms with van der Waals surface area (Å²) in [4.78, 5) is 31.9. The summed E-state index contributed by atoms with van der Waals surface area (Å²) in [6.07, 6.45) is 1.48. The van der Waals surface area contributed by atoms with Crippen molar-refractivity contribution in [1.82, 2.24) is 19.7 Å². The zero-order valence-corrected chi connectivity index (χ0v) is 16.9. The second-order valence-electron chi connectivity index (χ2n) is 6.30. The summed E-state index contributed by atoms with van der Waals surface area (Å²) >= 11 is 7.09. The van der Waals surface area contributed by atoms with Crippen LogP contribution in [0.3, 0.4) is 0 Å². The Morgan fingerprint density at radius 1 is 1.24 bits per heavy atom. The van der Waals surface area contributed by atoms with Crippen molar-refractivity contribution in [2.24, 2.45) is 0 Å². The van der Waals surface area contributed by atoms with Gasteiger partial charge in [-0.15, -0.1) is 0 Å². The SMILES string of the molecule is Cc1cc(Cl)ccc1NC(=O)CSc1nc2c(cnn2-c2ccccc2)c(=O)[nH]1. The van der Waals surface area contributed by atoms with Gasteiger partial charge in [0.1, 0.15) is 5.39 Å². The van der Waals surface area contributed by atoms with Crippen molar-refractivity contribution >= 4 is 46.0 Å². The number of carbonyl (C=O) groups is 1. The van der Waals surface area contributed by atoms with Crippen LogP contribution in [0.2, 0.25) is 5.02 Å². The molecule has 7 nitrogen and oxygen atoms in total. The lowest BCUT2D eigenvalue weighted by Gasteiger charge is -2.08. The largest absolute Gasteiger partial charge is 0.325 e. The minimum atomic E-state index is -0.298. The summed E-state index contributed by atoms with van der Waals surface area (Å²) in [5.74, 6) is -0.115. The van der Waals surface area contributed by atoms with Crippen molar-refractivity contribution in [2.75, 3.05) is 11.1 Å². The second kappa shape index (κ2) is 8.10. The first-order valence-electron chi connectivity index (χ1n) is 8.73. The first-order valence-corrected chi connectivity index (χ1v) is 10.1. The maximum absolute atomic E-state index is 12.4. The van der Waals surface area contributed by atoms with Gasteiger partial charge in [0.25, 0.3) is 5.56 Å². The average Bonchev–Trinajstić information content (AvgIpc) is 3.14. The molecular weight excluding hydrogens is 410 g/mol. The topological polar surface area (TPSA) is 92.7 Å². The van der Waals surface area contributed by atoms with E-state index in [1.165, 1.54) is 6.20 Å². The van der Waals surface area contributed by atoms with Crippen LogP contribution in [0.1, 0.15) is 5.56 Å². The van der Waals surface area contributed by atoms with E-state index in [1.54, 1.807) is 22.9 Å². The third-order valence-corrected chi connectivity index (χ3v) is 5.33. The number of aromatic nitrogens is 4. The molecule has 2 heterocycles. The highest BCUT2D eigenvalue weighted by atomic mass is 35.5. The van der Waals surface area contributed by atoms with Crippen LogP contribution in [-0.4, -0.2) is 31.4 Å². The van der Waals surface area contributed by atoms with Crippen LogP contribution in [0.4, 0.5) is 5.69 Å². The first-order chi connectivity index (χ1) is 14.0. The molecule has 1 amide bonds. The molecule has 0 saturated heterocycles. The van der Waals surface area contributed by atoms with Crippen LogP contribution in [0.5, 0.6) is 0 Å². The van der Waals surface area contributed by atoms with E-state index < -0.39 is 0 Å². The van der Waals surface area contributed by atoms with Gasteiger partial charge in [0.2, 0.25) is 5.91 Å². The maximum Gasteiger partial charge on any atom is 0.262 e. The van der Waals surface area contributed by atoms with Gasteiger partial charge in [0, 0.05) is 10.7 Å². The summed E-state index contributed by atoms with van der Waals surface area (Å²) in [5, 5.41) is 8.46. The monoisotopic (exact) mass is 425 g/mol. The number of rotatable bonds is 5. The van der Waals surface area contributed by atoms with Crippen LogP contribution >= 0.6 is 23.4 Å². The van der Waals surface area contributed by atoms with Crippen molar-refractivity contribution < 1.29 is 4.79 Å². The highest BCUT2D eigenvalue weighted by Crippen LogP contribution is 2.21. The molecule has 2 aromatic carbocycles. The Morgan fingerprint density at radius 3 is 2.79 bits per heavy atom. The van der Waals surface area contributed by atoms with E-state index in [0.29, 0.717) is 26.9 Å². The van der Waals surface area contributed by atoms with Gasteiger partial charge in [0.15, 0.2) is 10.8 Å². The van der Waals surface area contributed by atoms with Crippen LogP contribution in [-0.2, 0) is 4.79 Å². The molecule has 0 fully saturated rings. The number of carbonyl (C=O) groups excluding carboxylic acids is 1. The Kier molecular flexibility index (Phi) is 5.37. The number of hydrogen-bond donors (Lipinski definition) is 2. The van der Waals surface area contributed by atoms with E-state index in [1.807, 2.05) is 37.3 Å². The van der Waals surface area contributed by atoms with Crippen LogP contribution < -0.4 is 10.9 Å². The average molecular weight is 426 g/mol. The molecule has 29 heavy (non-hydrogen) atoms. The molecule has 0 saturated carbocycles. The minimum absolute atomic E-state index is 0.0932. The zero-order chi connectivity index (χ0) is 20.4. The Balaban J connectivity index is 1.54. The Bertz CT molecular complexity index is 1250. The van der Waals surface area contributed by atoms with Gasteiger partial charge in [0.05, 0.1) is 17.6 Å². The molecule has 0 aliphatic rings. The van der Waals surface area contributed by atoms with Crippen molar-refractivity contribution in [3.05, 3.63) is 75.7 Å². The fraction of sp³-hybridized carbons (Fsp3) is 0.100. The predicted octanol–water partition coefficient (Wildman–Crippen LogP) is 3.80. The number of H-pyrrole nitrogens is 1. The fourth-order valence-corrected chi connectivity index (χ4v) is 3.69. The van der Waals surface area contributed by atoms with Gasteiger partial charge in [-0.1, -0.05) is 41.6 Å². The predicted molar refractivity (Wildman–Crippen MR) is 115 cm³/mol. The third kappa shape index (κ3) is 4.18. The maximum atomic E-state index is 12.4. The molecular formula is C20H16ClN5O2S. The van der Waals surface area contributed by atoms with Gasteiger partial charge >= 0.3 is 0 Å². The number of halogens is 1. The van der Waals surface area contributed by atoms with Gasteiger partial charge in [-0.2, -0.15) is 5.10 Å². The van der Waals surface area contributed by atoms with Crippen molar-refractivity contribution in [1.29, 1.82) is 0 Å². The van der Waals surface area contributed by atoms with E-state index in [4.69, 9.17) is 11.6 Å². The Hall–Kier alpha value is -3.10. The summed E-state index contributed by atoms with van der Waals surface area (Å²) in [6, 6.07) is 14.7. The number of fused-ring (bicyclic) bond motifs is 1. The number of para-hydroxylation sites is 1. The second-order valence-corrected chi connectivity index (χ2v) is 7.70. The van der Waals surface area contributed by atoms with Gasteiger partial charge in [-0.05, 0) is 42.8 Å². The molecule has 0 atom stereocenters. The number of nitrogens with one attached hydrogen (secondary N) is 2. The number of aryl methyl sites for hydroxylation is 1. The number of aromatic amines is 1. The molecule has 0 spiro atoms. The Labute approximate surface area is 175 Å². The van der Waals surface area contributed by atoms with E-state index >= 15 is 0 Å². The number of amides is 1. The number of nitrogens with zero attached hydrogens (tertiary/aromatic N) is 3. The Morgan fingerprint density at radius 2 is 2.03 bits per heavy atom. The molecule has 0 aliphatic heterocycles. The number of thioether (sulfide) groups is 1. The standard InChI is InChI=1S/C20H16ClN5O2S/c1-12-9-13(21)7-8-16(12)23-17(27)11-29-20-24-18-15(19(28)25-20)10-22-26(18)14-5-3-2-4-6-14/h2-10H,11H2,1H3,(H,23,27)(H,24,25,28). The van der Waals surface area contributed by atoms with E-state index in [0.717, 1.165) is 23.0 Å². The van der Waals surface area contributed by atoms with Gasteiger partial charge < -0.3 is 10.3 Å². The zero-order valence-electron chi connectivity index (χ0n) is 15.3. The smallest absolute Gasteiger partial charge is 0.262 e. The molecule has 2 N–H and O–H groups in total. The van der Waals surface area contributed by atoms with Gasteiger partial charge in [-0.3, -0.25) is 9.59 Å². The summed E-state index contributed by atoms with van der Waals surface area (Å²) in [5.41, 5.74) is 2.51.